The molecule has 0 spiro atoms. The standard InChI is InChI=1S/C21H27N3O3/c1-16(21(25)22-17-7-6-8-18(15-17)26-2)23-11-13-24(14-12-23)19-9-4-5-10-20(19)27-3/h4-10,15-16H,11-14H2,1-3H3,(H,22,25)/p+1/t16-/m1/s1. The molecule has 2 N–H and O–H groups in total. The number of para-hydroxylation sites is 2. The molecule has 6 nitrogen and oxygen atoms in total. The van der Waals surface area contributed by atoms with Crippen molar-refractivity contribution in [3.8, 4) is 11.5 Å². The highest BCUT2D eigenvalue weighted by Gasteiger charge is 2.30. The van der Waals surface area contributed by atoms with E-state index >= 15 is 0 Å². The van der Waals surface area contributed by atoms with E-state index in [1.165, 1.54) is 4.90 Å². The van der Waals surface area contributed by atoms with E-state index in [4.69, 9.17) is 9.47 Å². The molecule has 144 valence electrons. The maximum Gasteiger partial charge on any atom is 0.282 e. The van der Waals surface area contributed by atoms with E-state index in [1.807, 2.05) is 49.4 Å². The van der Waals surface area contributed by atoms with Crippen LogP contribution in [0.5, 0.6) is 11.5 Å². The van der Waals surface area contributed by atoms with Crippen molar-refractivity contribution >= 4 is 17.3 Å². The predicted molar refractivity (Wildman–Crippen MR) is 107 cm³/mol. The molecule has 1 saturated heterocycles. The van der Waals surface area contributed by atoms with E-state index < -0.39 is 0 Å². The summed E-state index contributed by atoms with van der Waals surface area (Å²) in [6, 6.07) is 15.4. The van der Waals surface area contributed by atoms with Crippen molar-refractivity contribution in [3.63, 3.8) is 0 Å². The van der Waals surface area contributed by atoms with Gasteiger partial charge in [0.1, 0.15) is 11.5 Å². The number of piperazine rings is 1. The average molecular weight is 370 g/mol. The first-order valence-corrected chi connectivity index (χ1v) is 9.30. The first-order chi connectivity index (χ1) is 13.1. The predicted octanol–water partition coefficient (Wildman–Crippen LogP) is 1.44. The SMILES string of the molecule is COc1cccc(NC(=O)[C@@H](C)[NH+]2CCN(c3ccccc3OC)CC2)c1. The molecule has 6 heteroatoms. The molecule has 1 aliphatic rings. The Morgan fingerprint density at radius 1 is 1.07 bits per heavy atom. The number of anilines is 2. The second-order valence-electron chi connectivity index (χ2n) is 6.76. The lowest BCUT2D eigenvalue weighted by molar-refractivity contribution is -0.914. The van der Waals surface area contributed by atoms with E-state index in [2.05, 4.69) is 16.3 Å². The number of carbonyl (C=O) groups is 1. The summed E-state index contributed by atoms with van der Waals surface area (Å²) >= 11 is 0. The topological polar surface area (TPSA) is 55.2 Å². The molecule has 0 bridgehead atoms. The molecule has 1 atom stereocenters. The Labute approximate surface area is 160 Å². The number of hydrogen-bond acceptors (Lipinski definition) is 4. The molecule has 0 unspecified atom stereocenters. The number of methoxy groups -OCH3 is 2. The fourth-order valence-electron chi connectivity index (χ4n) is 3.50. The van der Waals surface area contributed by atoms with Crippen LogP contribution >= 0.6 is 0 Å². The fraction of sp³-hybridized carbons (Fsp3) is 0.381. The number of hydrogen-bond donors (Lipinski definition) is 2. The van der Waals surface area contributed by atoms with Crippen molar-refractivity contribution < 1.29 is 19.2 Å². The third-order valence-electron chi connectivity index (χ3n) is 5.17. The van der Waals surface area contributed by atoms with Gasteiger partial charge in [-0.1, -0.05) is 18.2 Å². The summed E-state index contributed by atoms with van der Waals surface area (Å²) < 4.78 is 10.7. The van der Waals surface area contributed by atoms with Crippen LogP contribution < -0.4 is 24.6 Å². The van der Waals surface area contributed by atoms with Crippen molar-refractivity contribution in [2.24, 2.45) is 0 Å². The third-order valence-corrected chi connectivity index (χ3v) is 5.17. The van der Waals surface area contributed by atoms with Crippen LogP contribution in [0.1, 0.15) is 6.92 Å². The van der Waals surface area contributed by atoms with Crippen molar-refractivity contribution in [1.82, 2.24) is 0 Å². The monoisotopic (exact) mass is 370 g/mol. The molecule has 0 radical (unpaired) electrons. The fourth-order valence-corrected chi connectivity index (χ4v) is 3.50. The maximum atomic E-state index is 12.7. The zero-order valence-corrected chi connectivity index (χ0v) is 16.2. The second-order valence-corrected chi connectivity index (χ2v) is 6.76. The number of ether oxygens (including phenoxy) is 2. The average Bonchev–Trinajstić information content (AvgIpc) is 2.73. The Morgan fingerprint density at radius 2 is 1.81 bits per heavy atom. The molecular weight excluding hydrogens is 342 g/mol. The van der Waals surface area contributed by atoms with E-state index in [-0.39, 0.29) is 11.9 Å². The quantitative estimate of drug-likeness (QED) is 0.808. The van der Waals surface area contributed by atoms with Crippen LogP contribution in [0, 0.1) is 0 Å². The smallest absolute Gasteiger partial charge is 0.282 e. The van der Waals surface area contributed by atoms with Gasteiger partial charge in [-0.05, 0) is 31.2 Å². The normalized spacial score (nSPS) is 15.9. The second kappa shape index (κ2) is 8.77. The number of nitrogens with zero attached hydrogens (tertiary/aromatic N) is 1. The van der Waals surface area contributed by atoms with Crippen LogP contribution in [0.15, 0.2) is 48.5 Å². The number of quaternary nitrogens is 1. The zero-order chi connectivity index (χ0) is 19.2. The lowest BCUT2D eigenvalue weighted by Gasteiger charge is -2.36. The highest BCUT2D eigenvalue weighted by molar-refractivity contribution is 5.93. The number of nitrogens with one attached hydrogen (secondary N) is 2. The zero-order valence-electron chi connectivity index (χ0n) is 16.2. The summed E-state index contributed by atoms with van der Waals surface area (Å²) in [5, 5.41) is 3.00. The first kappa shape index (κ1) is 19.0. The van der Waals surface area contributed by atoms with Gasteiger partial charge >= 0.3 is 0 Å². The molecule has 2 aromatic rings. The first-order valence-electron chi connectivity index (χ1n) is 9.30. The largest absolute Gasteiger partial charge is 0.497 e. The Hall–Kier alpha value is -2.73. The van der Waals surface area contributed by atoms with Crippen molar-refractivity contribution in [3.05, 3.63) is 48.5 Å². The summed E-state index contributed by atoms with van der Waals surface area (Å²) in [5.41, 5.74) is 1.88. The molecule has 27 heavy (non-hydrogen) atoms. The van der Waals surface area contributed by atoms with E-state index in [1.54, 1.807) is 14.2 Å². The van der Waals surface area contributed by atoms with Gasteiger partial charge in [0, 0.05) is 11.8 Å². The molecule has 3 rings (SSSR count). The van der Waals surface area contributed by atoms with Gasteiger partial charge in [-0.3, -0.25) is 4.79 Å². The van der Waals surface area contributed by atoms with E-state index in [0.29, 0.717) is 0 Å². The Bertz CT molecular complexity index is 773. The molecule has 0 aliphatic carbocycles. The molecule has 0 saturated carbocycles. The minimum atomic E-state index is -0.115. The van der Waals surface area contributed by atoms with Gasteiger partial charge in [-0.2, -0.15) is 0 Å². The highest BCUT2D eigenvalue weighted by Crippen LogP contribution is 2.27. The molecule has 0 aromatic heterocycles. The maximum absolute atomic E-state index is 12.7. The van der Waals surface area contributed by atoms with Crippen LogP contribution in [0.25, 0.3) is 0 Å². The minimum Gasteiger partial charge on any atom is -0.497 e. The van der Waals surface area contributed by atoms with Gasteiger partial charge in [0.05, 0.1) is 46.1 Å². The van der Waals surface area contributed by atoms with Gasteiger partial charge in [0.15, 0.2) is 6.04 Å². The lowest BCUT2D eigenvalue weighted by atomic mass is 10.2. The summed E-state index contributed by atoms with van der Waals surface area (Å²) in [7, 11) is 3.32. The number of rotatable bonds is 6. The number of amides is 1. The van der Waals surface area contributed by atoms with Crippen molar-refractivity contribution in [2.45, 2.75) is 13.0 Å². The summed E-state index contributed by atoms with van der Waals surface area (Å²) in [6.45, 7) is 5.60. The molecule has 1 aliphatic heterocycles. The van der Waals surface area contributed by atoms with Crippen LogP contribution in [0.2, 0.25) is 0 Å². The summed E-state index contributed by atoms with van der Waals surface area (Å²) in [4.78, 5) is 16.3. The van der Waals surface area contributed by atoms with Gasteiger partial charge in [-0.25, -0.2) is 0 Å². The lowest BCUT2D eigenvalue weighted by Crippen LogP contribution is -3.19. The Morgan fingerprint density at radius 3 is 2.52 bits per heavy atom. The summed E-state index contributed by atoms with van der Waals surface area (Å²) in [6.07, 6.45) is 0. The van der Waals surface area contributed by atoms with Crippen LogP contribution in [-0.4, -0.2) is 52.3 Å². The van der Waals surface area contributed by atoms with Crippen LogP contribution in [0.3, 0.4) is 0 Å². The minimum absolute atomic E-state index is 0.0315. The van der Waals surface area contributed by atoms with Crippen molar-refractivity contribution in [2.75, 3.05) is 50.6 Å². The molecule has 1 heterocycles. The van der Waals surface area contributed by atoms with E-state index in [0.717, 1.165) is 49.1 Å². The van der Waals surface area contributed by atoms with Gasteiger partial charge in [-0.15, -0.1) is 0 Å². The van der Waals surface area contributed by atoms with Crippen LogP contribution in [-0.2, 0) is 4.79 Å². The third kappa shape index (κ3) is 4.52. The summed E-state index contributed by atoms with van der Waals surface area (Å²) in [5.74, 6) is 1.66. The molecule has 1 amide bonds. The Balaban J connectivity index is 1.57. The van der Waals surface area contributed by atoms with Gasteiger partial charge in [0.2, 0.25) is 0 Å². The Kier molecular flexibility index (Phi) is 6.19. The molecule has 2 aromatic carbocycles. The van der Waals surface area contributed by atoms with Gasteiger partial charge < -0.3 is 24.6 Å². The molecule has 1 fully saturated rings. The van der Waals surface area contributed by atoms with Crippen molar-refractivity contribution in [1.29, 1.82) is 0 Å². The van der Waals surface area contributed by atoms with Gasteiger partial charge in [0.25, 0.3) is 5.91 Å². The number of carbonyl (C=O) groups excluding carboxylic acids is 1. The number of benzene rings is 2. The van der Waals surface area contributed by atoms with Crippen LogP contribution in [0.4, 0.5) is 11.4 Å². The van der Waals surface area contributed by atoms with E-state index in [9.17, 15) is 4.79 Å². The highest BCUT2D eigenvalue weighted by atomic mass is 16.5. The molecular formula is C21H28N3O3+.